The number of carbonyl (C=O) groups excluding carboxylic acids is 2. The van der Waals surface area contributed by atoms with Gasteiger partial charge in [0.15, 0.2) is 18.1 Å². The molecule has 1 aliphatic heterocycles. The van der Waals surface area contributed by atoms with Crippen LogP contribution in [0, 0.1) is 0 Å². The average Bonchev–Trinajstić information content (AvgIpc) is 3.53. The Morgan fingerprint density at radius 2 is 1.74 bits per heavy atom. The van der Waals surface area contributed by atoms with Crippen molar-refractivity contribution in [3.8, 4) is 11.5 Å². The molecule has 2 aromatic carbocycles. The number of benzene rings is 2. The lowest BCUT2D eigenvalue weighted by Crippen LogP contribution is -2.42. The maximum Gasteiger partial charge on any atom is 0.317 e. The summed E-state index contributed by atoms with van der Waals surface area (Å²) in [6.07, 6.45) is 1.23. The second-order valence-corrected chi connectivity index (χ2v) is 6.83. The van der Waals surface area contributed by atoms with Crippen molar-refractivity contribution in [3.63, 3.8) is 0 Å². The SMILES string of the molecule is O=C(COC(=O)C1(c2ccccc2)CC1)NC[C@H]1COc2ccccc2O1. The maximum absolute atomic E-state index is 12.4. The Balaban J connectivity index is 1.23. The van der Waals surface area contributed by atoms with Gasteiger partial charge in [0.1, 0.15) is 12.7 Å². The maximum atomic E-state index is 12.4. The minimum atomic E-state index is -0.578. The second-order valence-electron chi connectivity index (χ2n) is 6.83. The number of para-hydroxylation sites is 2. The number of fused-ring (bicyclic) bond motifs is 1. The van der Waals surface area contributed by atoms with Crippen molar-refractivity contribution in [2.45, 2.75) is 24.4 Å². The molecule has 0 saturated heterocycles. The molecule has 6 heteroatoms. The Morgan fingerprint density at radius 1 is 1.04 bits per heavy atom. The van der Waals surface area contributed by atoms with Gasteiger partial charge in [0, 0.05) is 0 Å². The molecule has 27 heavy (non-hydrogen) atoms. The summed E-state index contributed by atoms with van der Waals surface area (Å²) in [6, 6.07) is 17.0. The van der Waals surface area contributed by atoms with Crippen LogP contribution in [0.2, 0.25) is 0 Å². The summed E-state index contributed by atoms with van der Waals surface area (Å²) in [6.45, 7) is 0.348. The predicted octanol–water partition coefficient (Wildman–Crippen LogP) is 2.22. The van der Waals surface area contributed by atoms with E-state index in [0.29, 0.717) is 18.1 Å². The van der Waals surface area contributed by atoms with Crippen molar-refractivity contribution < 1.29 is 23.8 Å². The molecule has 2 aliphatic rings. The van der Waals surface area contributed by atoms with E-state index in [1.807, 2.05) is 54.6 Å². The zero-order valence-electron chi connectivity index (χ0n) is 14.9. The van der Waals surface area contributed by atoms with Gasteiger partial charge in [-0.3, -0.25) is 9.59 Å². The van der Waals surface area contributed by atoms with Gasteiger partial charge < -0.3 is 19.5 Å². The first kappa shape index (κ1) is 17.4. The highest BCUT2D eigenvalue weighted by Gasteiger charge is 2.52. The molecular formula is C21H21NO5. The van der Waals surface area contributed by atoms with Crippen molar-refractivity contribution >= 4 is 11.9 Å². The summed E-state index contributed by atoms with van der Waals surface area (Å²) in [7, 11) is 0. The average molecular weight is 367 g/mol. The lowest BCUT2D eigenvalue weighted by molar-refractivity contribution is -0.151. The van der Waals surface area contributed by atoms with Crippen molar-refractivity contribution in [1.82, 2.24) is 5.32 Å². The Hall–Kier alpha value is -3.02. The van der Waals surface area contributed by atoms with E-state index < -0.39 is 5.41 Å². The molecule has 1 amide bonds. The molecule has 4 rings (SSSR count). The predicted molar refractivity (Wildman–Crippen MR) is 97.7 cm³/mol. The van der Waals surface area contributed by atoms with Crippen LogP contribution in [0.4, 0.5) is 0 Å². The van der Waals surface area contributed by atoms with Gasteiger partial charge in [-0.2, -0.15) is 0 Å². The molecule has 1 heterocycles. The zero-order chi connectivity index (χ0) is 18.7. The molecule has 140 valence electrons. The zero-order valence-corrected chi connectivity index (χ0v) is 14.9. The third kappa shape index (κ3) is 3.74. The highest BCUT2D eigenvalue weighted by molar-refractivity contribution is 5.88. The minimum Gasteiger partial charge on any atom is -0.486 e. The minimum absolute atomic E-state index is 0.279. The molecule has 1 aliphatic carbocycles. The monoisotopic (exact) mass is 367 g/mol. The number of amides is 1. The number of hydrogen-bond acceptors (Lipinski definition) is 5. The number of nitrogens with one attached hydrogen (secondary N) is 1. The smallest absolute Gasteiger partial charge is 0.317 e. The first-order chi connectivity index (χ1) is 13.2. The highest BCUT2D eigenvalue weighted by atomic mass is 16.6. The lowest BCUT2D eigenvalue weighted by atomic mass is 9.96. The second kappa shape index (κ2) is 7.31. The summed E-state index contributed by atoms with van der Waals surface area (Å²) in [5.41, 5.74) is 0.368. The first-order valence-electron chi connectivity index (χ1n) is 9.05. The highest BCUT2D eigenvalue weighted by Crippen LogP contribution is 2.49. The molecule has 2 aromatic rings. The Labute approximate surface area is 157 Å². The molecule has 0 aromatic heterocycles. The molecular weight excluding hydrogens is 346 g/mol. The van der Waals surface area contributed by atoms with Crippen molar-refractivity contribution in [2.75, 3.05) is 19.8 Å². The van der Waals surface area contributed by atoms with Gasteiger partial charge in [-0.25, -0.2) is 0 Å². The van der Waals surface area contributed by atoms with Crippen molar-refractivity contribution in [3.05, 3.63) is 60.2 Å². The van der Waals surface area contributed by atoms with Gasteiger partial charge in [0.25, 0.3) is 5.91 Å². The first-order valence-corrected chi connectivity index (χ1v) is 9.05. The largest absolute Gasteiger partial charge is 0.486 e. The molecule has 1 saturated carbocycles. The molecule has 0 bridgehead atoms. The molecule has 0 unspecified atom stereocenters. The summed E-state index contributed by atoms with van der Waals surface area (Å²) in [4.78, 5) is 24.5. The number of hydrogen-bond donors (Lipinski definition) is 1. The van der Waals surface area contributed by atoms with Crippen LogP contribution in [-0.4, -0.2) is 37.7 Å². The fraction of sp³-hybridized carbons (Fsp3) is 0.333. The van der Waals surface area contributed by atoms with Gasteiger partial charge >= 0.3 is 5.97 Å². The number of esters is 1. The molecule has 1 N–H and O–H groups in total. The summed E-state index contributed by atoms with van der Waals surface area (Å²) >= 11 is 0. The van der Waals surface area contributed by atoms with E-state index >= 15 is 0 Å². The van der Waals surface area contributed by atoms with Crippen LogP contribution in [0.1, 0.15) is 18.4 Å². The van der Waals surface area contributed by atoms with E-state index in [1.54, 1.807) is 0 Å². The standard InChI is InChI=1S/C21H21NO5/c23-19(22-12-16-13-25-17-8-4-5-9-18(17)27-16)14-26-20(24)21(10-11-21)15-6-2-1-3-7-15/h1-9,16H,10-14H2,(H,22,23)/t16-/m0/s1. The van der Waals surface area contributed by atoms with Crippen LogP contribution in [0.5, 0.6) is 11.5 Å². The number of ether oxygens (including phenoxy) is 3. The third-order valence-electron chi connectivity index (χ3n) is 4.90. The molecule has 6 nitrogen and oxygen atoms in total. The van der Waals surface area contributed by atoms with Crippen LogP contribution < -0.4 is 14.8 Å². The summed E-state index contributed by atoms with van der Waals surface area (Å²) in [5.74, 6) is 0.669. The normalized spacial score (nSPS) is 19.0. The van der Waals surface area contributed by atoms with E-state index in [9.17, 15) is 9.59 Å². The van der Waals surface area contributed by atoms with Crippen LogP contribution in [0.25, 0.3) is 0 Å². The third-order valence-corrected chi connectivity index (χ3v) is 4.90. The quantitative estimate of drug-likeness (QED) is 0.793. The van der Waals surface area contributed by atoms with Crippen LogP contribution in [0.15, 0.2) is 54.6 Å². The summed E-state index contributed by atoms with van der Waals surface area (Å²) in [5, 5.41) is 2.73. The Morgan fingerprint density at radius 3 is 2.48 bits per heavy atom. The Kier molecular flexibility index (Phi) is 4.71. The molecule has 1 fully saturated rings. The van der Waals surface area contributed by atoms with Gasteiger partial charge in [-0.05, 0) is 30.5 Å². The van der Waals surface area contributed by atoms with Gasteiger partial charge in [-0.1, -0.05) is 42.5 Å². The van der Waals surface area contributed by atoms with Crippen molar-refractivity contribution in [2.24, 2.45) is 0 Å². The molecule has 0 radical (unpaired) electrons. The lowest BCUT2D eigenvalue weighted by Gasteiger charge is -2.26. The van der Waals surface area contributed by atoms with Crippen molar-refractivity contribution in [1.29, 1.82) is 0 Å². The van der Waals surface area contributed by atoms with Crippen LogP contribution >= 0.6 is 0 Å². The summed E-state index contributed by atoms with van der Waals surface area (Å²) < 4.78 is 16.6. The van der Waals surface area contributed by atoms with Gasteiger partial charge in [-0.15, -0.1) is 0 Å². The van der Waals surface area contributed by atoms with Gasteiger partial charge in [0.05, 0.1) is 12.0 Å². The Bertz CT molecular complexity index is 831. The number of rotatable bonds is 6. The van der Waals surface area contributed by atoms with E-state index in [-0.39, 0.29) is 31.1 Å². The van der Waals surface area contributed by atoms with E-state index in [2.05, 4.69) is 5.32 Å². The van der Waals surface area contributed by atoms with E-state index in [0.717, 1.165) is 18.4 Å². The fourth-order valence-corrected chi connectivity index (χ4v) is 3.20. The van der Waals surface area contributed by atoms with E-state index in [4.69, 9.17) is 14.2 Å². The molecule has 0 spiro atoms. The fourth-order valence-electron chi connectivity index (χ4n) is 3.20. The van der Waals surface area contributed by atoms with Crippen LogP contribution in [0.3, 0.4) is 0 Å². The van der Waals surface area contributed by atoms with E-state index in [1.165, 1.54) is 0 Å². The molecule has 1 atom stereocenters. The van der Waals surface area contributed by atoms with Gasteiger partial charge in [0.2, 0.25) is 0 Å². The number of carbonyl (C=O) groups is 2. The topological polar surface area (TPSA) is 73.9 Å². The van der Waals surface area contributed by atoms with Crippen LogP contribution in [-0.2, 0) is 19.7 Å².